The predicted molar refractivity (Wildman–Crippen MR) is 259 cm³/mol. The molecule has 0 aliphatic heterocycles. The quantitative estimate of drug-likeness (QED) is 0.0815. The Kier molecular flexibility index (Phi) is 14.6. The lowest BCUT2D eigenvalue weighted by molar-refractivity contribution is -0.260. The van der Waals surface area contributed by atoms with E-state index in [2.05, 4.69) is 52.2 Å². The van der Waals surface area contributed by atoms with Crippen molar-refractivity contribution in [3.8, 4) is 0 Å². The average molecular weight is 997 g/mol. The zero-order valence-corrected chi connectivity index (χ0v) is 43.6. The fraction of sp³-hybridized carbons (Fsp3) is 0.962. The Morgan fingerprint density at radius 2 is 0.897 bits per heavy atom. The summed E-state index contributed by atoms with van der Waals surface area (Å²) in [5.74, 6) is 1.92. The number of nitrogens with one attached hydrogen (secondary N) is 2. The topological polar surface area (TPSA) is 248 Å². The van der Waals surface area contributed by atoms with Gasteiger partial charge in [0.1, 0.15) is 0 Å². The molecule has 0 aromatic heterocycles. The van der Waals surface area contributed by atoms with Crippen LogP contribution in [0.25, 0.3) is 0 Å². The second kappa shape index (κ2) is 18.8. The minimum atomic E-state index is -4.13. The number of aliphatic hydroxyl groups is 4. The van der Waals surface area contributed by atoms with Gasteiger partial charge < -0.3 is 31.1 Å². The van der Waals surface area contributed by atoms with Gasteiger partial charge in [0.15, 0.2) is 0 Å². The summed E-state index contributed by atoms with van der Waals surface area (Å²) in [6.07, 6.45) is 14.3. The van der Waals surface area contributed by atoms with Crippen LogP contribution in [-0.2, 0) is 29.8 Å². The van der Waals surface area contributed by atoms with Gasteiger partial charge in [0.05, 0.1) is 34.9 Å². The molecule has 390 valence electrons. The summed E-state index contributed by atoms with van der Waals surface area (Å²) in [6.45, 7) is 13.9. The average Bonchev–Trinajstić information content (AvgIpc) is 3.79. The maximum atomic E-state index is 12.9. The van der Waals surface area contributed by atoms with Crippen molar-refractivity contribution in [3.05, 3.63) is 0 Å². The van der Waals surface area contributed by atoms with E-state index in [0.29, 0.717) is 99.7 Å². The lowest BCUT2D eigenvalue weighted by Crippen LogP contribution is -2.67. The summed E-state index contributed by atoms with van der Waals surface area (Å²) in [7, 11) is -8.27. The van der Waals surface area contributed by atoms with E-state index in [0.717, 1.165) is 64.2 Å². The summed E-state index contributed by atoms with van der Waals surface area (Å²) in [4.78, 5) is 25.1. The minimum Gasteiger partial charge on any atom is -0.393 e. The number of hydrogen-bond acceptors (Lipinski definition) is 10. The summed E-state index contributed by atoms with van der Waals surface area (Å²) in [6, 6.07) is 0. The van der Waals surface area contributed by atoms with Gasteiger partial charge in [-0.2, -0.15) is 16.8 Å². The third kappa shape index (κ3) is 9.53. The fourth-order valence-electron chi connectivity index (χ4n) is 19.2. The fourth-order valence-corrected chi connectivity index (χ4v) is 19.9. The summed E-state index contributed by atoms with van der Waals surface area (Å²) in [5, 5.41) is 55.5. The number of hydrogen-bond donors (Lipinski definition) is 8. The van der Waals surface area contributed by atoms with E-state index < -0.39 is 55.2 Å². The number of fused-ring (bicyclic) bond motifs is 10. The van der Waals surface area contributed by atoms with Crippen molar-refractivity contribution in [1.82, 2.24) is 10.6 Å². The van der Waals surface area contributed by atoms with Gasteiger partial charge in [0.2, 0.25) is 11.8 Å². The Balaban J connectivity index is 0.882. The van der Waals surface area contributed by atoms with Crippen LogP contribution in [0, 0.1) is 92.7 Å². The van der Waals surface area contributed by atoms with Crippen molar-refractivity contribution in [3.63, 3.8) is 0 Å². The first-order valence-corrected chi connectivity index (χ1v) is 30.0. The zero-order chi connectivity index (χ0) is 49.6. The maximum Gasteiger partial charge on any atom is 0.266 e. The van der Waals surface area contributed by atoms with Crippen LogP contribution in [0.1, 0.15) is 170 Å². The molecule has 0 aromatic rings. The van der Waals surface area contributed by atoms with E-state index >= 15 is 0 Å². The standard InChI is InChI=1S/C52H88N2O12S2/c1-31(7-13-43(57)53-23-25-67(61,62)63)35-9-11-37-45-39(15-17-49(35,37)5)47(3)19-21-51(59,29-33(47)27-41(45)55)52(60)22-20-48(4)34(30-52)28-42(56)46-38-12-10-36(50(38,6)18-16-40(46)48)32(2)8-14-44(58)54-24-26-68(64,65)66/h31-42,45-46,55-56,59-60H,7-30H2,1-6H3,(H,53,57)(H,54,58)(H,61,62,63)(H,64,65,66)/t31-,32-,33?,34?,35-,36-,37+,38?,39?,40?,41+,42+,45+,46+,47+,48+,49-,50-,51?,52?/m1/s1. The van der Waals surface area contributed by atoms with Gasteiger partial charge >= 0.3 is 0 Å². The van der Waals surface area contributed by atoms with Crippen molar-refractivity contribution in [2.45, 2.75) is 193 Å². The van der Waals surface area contributed by atoms with E-state index in [1.54, 1.807) is 0 Å². The van der Waals surface area contributed by atoms with Crippen LogP contribution in [0.5, 0.6) is 0 Å². The second-order valence-electron chi connectivity index (χ2n) is 25.8. The van der Waals surface area contributed by atoms with E-state index in [1.807, 2.05) is 0 Å². The second-order valence-corrected chi connectivity index (χ2v) is 29.0. The minimum absolute atomic E-state index is 0.0442. The smallest absolute Gasteiger partial charge is 0.266 e. The van der Waals surface area contributed by atoms with Crippen LogP contribution >= 0.6 is 0 Å². The third-order valence-corrected chi connectivity index (χ3v) is 24.3. The molecule has 8 rings (SSSR count). The molecule has 8 fully saturated rings. The number of carbonyl (C=O) groups excluding carboxylic acids is 2. The number of aliphatic hydroxyl groups excluding tert-OH is 2. The number of amides is 2. The maximum absolute atomic E-state index is 12.9. The molecular formula is C52H88N2O12S2. The molecule has 0 spiro atoms. The highest BCUT2D eigenvalue weighted by Gasteiger charge is 2.69. The SMILES string of the molecule is C[C@H](CCC(=O)NCCS(=O)(=O)O)[C@H]1CC[C@H]2[C@H]3C(CC[C@]12C)[C@@]1(C)CCC(O)(C2(O)CC[C@@]4(C)C(C[C@H](O)[C@@H]5C4CC[C@@]4(C)C5CC[C@@H]4[C@H](C)CCC(=O)NCCS(=O)(=O)O)C2)CC1C[C@@H]3O. The van der Waals surface area contributed by atoms with Crippen LogP contribution in [-0.4, -0.2) is 106 Å². The van der Waals surface area contributed by atoms with Gasteiger partial charge in [-0.15, -0.1) is 0 Å². The van der Waals surface area contributed by atoms with Crippen molar-refractivity contribution >= 4 is 32.1 Å². The van der Waals surface area contributed by atoms with Crippen molar-refractivity contribution in [2.24, 2.45) is 92.7 Å². The number of rotatable bonds is 15. The molecule has 8 N–H and O–H groups in total. The predicted octanol–water partition coefficient (Wildman–Crippen LogP) is 6.55. The van der Waals surface area contributed by atoms with Crippen molar-refractivity contribution in [1.29, 1.82) is 0 Å². The molecule has 8 aliphatic carbocycles. The van der Waals surface area contributed by atoms with Crippen molar-refractivity contribution < 1.29 is 56.0 Å². The third-order valence-electron chi connectivity index (χ3n) is 22.9. The van der Waals surface area contributed by atoms with Crippen LogP contribution < -0.4 is 10.6 Å². The molecule has 68 heavy (non-hydrogen) atoms. The molecule has 0 aromatic carbocycles. The first kappa shape index (κ1) is 52.9. The summed E-state index contributed by atoms with van der Waals surface area (Å²) < 4.78 is 62.4. The highest BCUT2D eigenvalue weighted by Crippen LogP contribution is 2.72. The van der Waals surface area contributed by atoms with E-state index in [-0.39, 0.29) is 82.1 Å². The van der Waals surface area contributed by atoms with Gasteiger partial charge in [-0.25, -0.2) is 0 Å². The molecule has 0 saturated heterocycles. The van der Waals surface area contributed by atoms with Crippen molar-refractivity contribution in [2.75, 3.05) is 24.6 Å². The van der Waals surface area contributed by atoms with Crippen LogP contribution in [0.4, 0.5) is 0 Å². The zero-order valence-electron chi connectivity index (χ0n) is 42.0. The Labute approximate surface area is 407 Å². The molecule has 14 nitrogen and oxygen atoms in total. The van der Waals surface area contributed by atoms with Crippen LogP contribution in [0.2, 0.25) is 0 Å². The Bertz CT molecular complexity index is 1960. The first-order valence-electron chi connectivity index (χ1n) is 26.8. The monoisotopic (exact) mass is 997 g/mol. The summed E-state index contributed by atoms with van der Waals surface area (Å²) in [5.41, 5.74) is -2.56. The van der Waals surface area contributed by atoms with E-state index in [9.17, 15) is 46.9 Å². The molecule has 8 saturated carbocycles. The normalized spacial score (nSPS) is 47.5. The molecule has 2 amide bonds. The molecule has 0 heterocycles. The largest absolute Gasteiger partial charge is 0.393 e. The van der Waals surface area contributed by atoms with E-state index in [1.165, 1.54) is 0 Å². The molecule has 0 radical (unpaired) electrons. The van der Waals surface area contributed by atoms with Gasteiger partial charge in [0.25, 0.3) is 20.2 Å². The lowest BCUT2D eigenvalue weighted by atomic mass is 9.40. The molecule has 7 unspecified atom stereocenters. The van der Waals surface area contributed by atoms with E-state index in [4.69, 9.17) is 9.11 Å². The van der Waals surface area contributed by atoms with Crippen LogP contribution in [0.15, 0.2) is 0 Å². The molecule has 8 aliphatic rings. The number of carbonyl (C=O) groups is 2. The van der Waals surface area contributed by atoms with Gasteiger partial charge in [-0.1, -0.05) is 41.5 Å². The lowest BCUT2D eigenvalue weighted by Gasteiger charge is -2.67. The molecular weight excluding hydrogens is 909 g/mol. The molecule has 0 bridgehead atoms. The molecule has 16 heteroatoms. The summed E-state index contributed by atoms with van der Waals surface area (Å²) >= 11 is 0. The van der Waals surface area contributed by atoms with Gasteiger partial charge in [0, 0.05) is 25.9 Å². The van der Waals surface area contributed by atoms with Gasteiger partial charge in [-0.3, -0.25) is 18.7 Å². The molecule has 20 atom stereocenters. The van der Waals surface area contributed by atoms with Crippen LogP contribution in [0.3, 0.4) is 0 Å². The Hall–Kier alpha value is -1.40. The Morgan fingerprint density at radius 1 is 0.544 bits per heavy atom. The highest BCUT2D eigenvalue weighted by atomic mass is 32.2. The highest BCUT2D eigenvalue weighted by molar-refractivity contribution is 7.86. The Morgan fingerprint density at radius 3 is 1.25 bits per heavy atom. The van der Waals surface area contributed by atoms with Gasteiger partial charge in [-0.05, 0) is 208 Å². The first-order chi connectivity index (χ1) is 31.6.